The van der Waals surface area contributed by atoms with Gasteiger partial charge in [-0.2, -0.15) is 0 Å². The van der Waals surface area contributed by atoms with Gasteiger partial charge in [-0.05, 0) is 37.1 Å². The predicted molar refractivity (Wildman–Crippen MR) is 97.8 cm³/mol. The molecular weight excluding hydrogens is 336 g/mol. The number of rotatable bonds is 3. The summed E-state index contributed by atoms with van der Waals surface area (Å²) in [6.45, 7) is 0. The van der Waals surface area contributed by atoms with Crippen LogP contribution in [0.1, 0.15) is 42.5 Å². The van der Waals surface area contributed by atoms with Crippen LogP contribution in [0.5, 0.6) is 0 Å². The summed E-state index contributed by atoms with van der Waals surface area (Å²) >= 11 is 6.06. The lowest BCUT2D eigenvalue weighted by Crippen LogP contribution is -2.36. The Balaban J connectivity index is 1.60. The zero-order valence-electron chi connectivity index (χ0n) is 13.8. The number of aromatic nitrogens is 3. The molecule has 0 bridgehead atoms. The van der Waals surface area contributed by atoms with Gasteiger partial charge in [0.2, 0.25) is 0 Å². The molecule has 1 aliphatic carbocycles. The fourth-order valence-electron chi connectivity index (χ4n) is 3.37. The van der Waals surface area contributed by atoms with Crippen molar-refractivity contribution in [1.29, 1.82) is 0 Å². The summed E-state index contributed by atoms with van der Waals surface area (Å²) in [5.74, 6) is 0.665. The number of pyridine rings is 1. The van der Waals surface area contributed by atoms with Crippen molar-refractivity contribution in [2.24, 2.45) is 0 Å². The average molecular weight is 355 g/mol. The molecule has 0 spiro atoms. The van der Waals surface area contributed by atoms with Crippen molar-refractivity contribution in [3.63, 3.8) is 0 Å². The average Bonchev–Trinajstić information content (AvgIpc) is 3.06. The molecule has 128 valence electrons. The summed E-state index contributed by atoms with van der Waals surface area (Å²) in [7, 11) is 0. The Morgan fingerprint density at radius 1 is 1.12 bits per heavy atom. The Kier molecular flexibility index (Phi) is 4.40. The van der Waals surface area contributed by atoms with E-state index in [0.29, 0.717) is 22.1 Å². The minimum absolute atomic E-state index is 0.0401. The Hall–Kier alpha value is -2.40. The van der Waals surface area contributed by atoms with Gasteiger partial charge in [-0.25, -0.2) is 0 Å². The highest BCUT2D eigenvalue weighted by Gasteiger charge is 2.17. The molecule has 2 heterocycles. The van der Waals surface area contributed by atoms with Gasteiger partial charge in [-0.3, -0.25) is 9.20 Å². The monoisotopic (exact) mass is 354 g/mol. The lowest BCUT2D eigenvalue weighted by molar-refractivity contribution is 0.0927. The fraction of sp³-hybridized carbons (Fsp3) is 0.316. The maximum atomic E-state index is 12.5. The van der Waals surface area contributed by atoms with E-state index >= 15 is 0 Å². The Morgan fingerprint density at radius 2 is 1.96 bits per heavy atom. The van der Waals surface area contributed by atoms with Crippen LogP contribution in [0.25, 0.3) is 17.0 Å². The molecule has 0 unspecified atom stereocenters. The number of fused-ring (bicyclic) bond motifs is 1. The van der Waals surface area contributed by atoms with Crippen LogP contribution in [0, 0.1) is 0 Å². The third-order valence-electron chi connectivity index (χ3n) is 4.70. The van der Waals surface area contributed by atoms with Gasteiger partial charge in [-0.15, -0.1) is 10.2 Å². The van der Waals surface area contributed by atoms with Crippen LogP contribution < -0.4 is 5.32 Å². The summed E-state index contributed by atoms with van der Waals surface area (Å²) in [6, 6.07) is 11.4. The first-order valence-electron chi connectivity index (χ1n) is 8.62. The van der Waals surface area contributed by atoms with E-state index in [9.17, 15) is 4.79 Å². The summed E-state index contributed by atoms with van der Waals surface area (Å²) in [5, 5.41) is 12.2. The Bertz CT molecular complexity index is 915. The van der Waals surface area contributed by atoms with Gasteiger partial charge in [0, 0.05) is 28.4 Å². The van der Waals surface area contributed by atoms with Gasteiger partial charge in [0.25, 0.3) is 5.91 Å². The number of nitrogens with one attached hydrogen (secondary N) is 1. The number of carbonyl (C=O) groups excluding carboxylic acids is 1. The van der Waals surface area contributed by atoms with Gasteiger partial charge in [0.15, 0.2) is 11.5 Å². The van der Waals surface area contributed by atoms with Crippen molar-refractivity contribution in [1.82, 2.24) is 19.9 Å². The molecule has 2 aromatic heterocycles. The molecule has 6 heteroatoms. The van der Waals surface area contributed by atoms with Crippen LogP contribution in [0.15, 0.2) is 42.6 Å². The summed E-state index contributed by atoms with van der Waals surface area (Å²) in [5.41, 5.74) is 2.15. The Morgan fingerprint density at radius 3 is 2.76 bits per heavy atom. The molecule has 0 radical (unpaired) electrons. The van der Waals surface area contributed by atoms with Crippen LogP contribution in [0.4, 0.5) is 0 Å². The van der Waals surface area contributed by atoms with Gasteiger partial charge in [-0.1, -0.05) is 43.0 Å². The highest BCUT2D eigenvalue weighted by Crippen LogP contribution is 2.22. The normalized spacial score (nSPS) is 15.4. The number of carbonyl (C=O) groups is 1. The number of hydrogen-bond donors (Lipinski definition) is 1. The summed E-state index contributed by atoms with van der Waals surface area (Å²) in [4.78, 5) is 12.5. The number of hydrogen-bond acceptors (Lipinski definition) is 3. The number of amides is 1. The largest absolute Gasteiger partial charge is 0.349 e. The second-order valence-corrected chi connectivity index (χ2v) is 6.92. The molecule has 3 aromatic rings. The fourth-order valence-corrected chi connectivity index (χ4v) is 3.56. The second-order valence-electron chi connectivity index (χ2n) is 6.49. The van der Waals surface area contributed by atoms with E-state index in [1.807, 2.05) is 40.9 Å². The van der Waals surface area contributed by atoms with Crippen molar-refractivity contribution in [2.45, 2.75) is 38.1 Å². The molecule has 5 nitrogen and oxygen atoms in total. The lowest BCUT2D eigenvalue weighted by Gasteiger charge is -2.22. The van der Waals surface area contributed by atoms with Crippen LogP contribution >= 0.6 is 11.6 Å². The molecule has 4 rings (SSSR count). The highest BCUT2D eigenvalue weighted by molar-refractivity contribution is 6.30. The third-order valence-corrected chi connectivity index (χ3v) is 4.93. The van der Waals surface area contributed by atoms with Crippen molar-refractivity contribution in [3.05, 3.63) is 53.2 Å². The minimum atomic E-state index is -0.0401. The lowest BCUT2D eigenvalue weighted by atomic mass is 9.95. The number of halogens is 1. The molecule has 0 aliphatic heterocycles. The minimum Gasteiger partial charge on any atom is -0.349 e. The third kappa shape index (κ3) is 3.37. The van der Waals surface area contributed by atoms with E-state index in [0.717, 1.165) is 18.4 Å². The van der Waals surface area contributed by atoms with Crippen molar-refractivity contribution in [3.8, 4) is 11.4 Å². The topological polar surface area (TPSA) is 59.3 Å². The molecule has 0 saturated heterocycles. The molecule has 25 heavy (non-hydrogen) atoms. The van der Waals surface area contributed by atoms with E-state index in [1.165, 1.54) is 19.3 Å². The standard InChI is InChI=1S/C19H19ClN4O/c20-15-6-4-5-13(11-15)18-23-22-17-12-14(9-10-24(17)18)19(25)21-16-7-2-1-3-8-16/h4-6,9-12,16H,1-3,7-8H2,(H,21,25). The molecule has 0 atom stereocenters. The van der Waals surface area contributed by atoms with Gasteiger partial charge >= 0.3 is 0 Å². The SMILES string of the molecule is O=C(NC1CCCCC1)c1ccn2c(-c3cccc(Cl)c3)nnc2c1. The predicted octanol–water partition coefficient (Wildman–Crippen LogP) is 4.11. The zero-order valence-corrected chi connectivity index (χ0v) is 14.5. The van der Waals surface area contributed by atoms with Gasteiger partial charge < -0.3 is 5.32 Å². The van der Waals surface area contributed by atoms with Crippen LogP contribution in [0.3, 0.4) is 0 Å². The maximum Gasteiger partial charge on any atom is 0.251 e. The zero-order chi connectivity index (χ0) is 17.2. The first kappa shape index (κ1) is 16.1. The molecule has 1 aromatic carbocycles. The molecule has 1 N–H and O–H groups in total. The van der Waals surface area contributed by atoms with Crippen LogP contribution in [0.2, 0.25) is 5.02 Å². The van der Waals surface area contributed by atoms with E-state index in [2.05, 4.69) is 15.5 Å². The maximum absolute atomic E-state index is 12.5. The first-order chi connectivity index (χ1) is 12.2. The van der Waals surface area contributed by atoms with Crippen molar-refractivity contribution in [2.75, 3.05) is 0 Å². The highest BCUT2D eigenvalue weighted by atomic mass is 35.5. The van der Waals surface area contributed by atoms with Crippen molar-refractivity contribution < 1.29 is 4.79 Å². The molecule has 1 aliphatic rings. The summed E-state index contributed by atoms with van der Waals surface area (Å²) in [6.07, 6.45) is 7.62. The van der Waals surface area contributed by atoms with Gasteiger partial charge in [0.05, 0.1) is 0 Å². The molecular formula is C19H19ClN4O. The number of nitrogens with zero attached hydrogens (tertiary/aromatic N) is 3. The molecule has 1 fully saturated rings. The molecule has 1 saturated carbocycles. The van der Waals surface area contributed by atoms with E-state index in [4.69, 9.17) is 11.6 Å². The van der Waals surface area contributed by atoms with E-state index < -0.39 is 0 Å². The second kappa shape index (κ2) is 6.84. The summed E-state index contributed by atoms with van der Waals surface area (Å²) < 4.78 is 1.86. The van der Waals surface area contributed by atoms with E-state index in [-0.39, 0.29) is 11.9 Å². The first-order valence-corrected chi connectivity index (χ1v) is 9.00. The van der Waals surface area contributed by atoms with Crippen molar-refractivity contribution >= 4 is 23.2 Å². The number of benzene rings is 1. The smallest absolute Gasteiger partial charge is 0.251 e. The Labute approximate surface area is 151 Å². The van der Waals surface area contributed by atoms with E-state index in [1.54, 1.807) is 6.07 Å². The quantitative estimate of drug-likeness (QED) is 0.769. The molecule has 1 amide bonds. The van der Waals surface area contributed by atoms with Gasteiger partial charge in [0.1, 0.15) is 0 Å². The van der Waals surface area contributed by atoms with Crippen LogP contribution in [-0.4, -0.2) is 26.5 Å². The van der Waals surface area contributed by atoms with Crippen LogP contribution in [-0.2, 0) is 0 Å².